The zero-order valence-electron chi connectivity index (χ0n) is 24.9. The number of hydrogen-bond acceptors (Lipinski definition) is 9. The summed E-state index contributed by atoms with van der Waals surface area (Å²) in [7, 11) is -4.17. The highest BCUT2D eigenvalue weighted by Gasteiger charge is 2.59. The Kier molecular flexibility index (Phi) is 8.04. The molecule has 1 N–H and O–H groups in total. The number of carbonyl (C=O) groups is 1. The van der Waals surface area contributed by atoms with Crippen molar-refractivity contribution in [2.45, 2.75) is 55.8 Å². The van der Waals surface area contributed by atoms with Gasteiger partial charge in [0.05, 0.1) is 36.3 Å². The number of nitrogens with one attached hydrogen (secondary N) is 1. The molecule has 2 aliphatic rings. The van der Waals surface area contributed by atoms with Crippen molar-refractivity contribution < 1.29 is 31.5 Å². The van der Waals surface area contributed by atoms with Crippen molar-refractivity contribution in [1.29, 1.82) is 0 Å². The normalized spacial score (nSPS) is 17.7. The molecule has 3 heterocycles. The van der Waals surface area contributed by atoms with Gasteiger partial charge in [0.2, 0.25) is 0 Å². The summed E-state index contributed by atoms with van der Waals surface area (Å²) in [6.45, 7) is 3.28. The van der Waals surface area contributed by atoms with E-state index in [1.165, 1.54) is 13.8 Å². The summed E-state index contributed by atoms with van der Waals surface area (Å²) in [5.74, 6) is 1.23. The molecule has 45 heavy (non-hydrogen) atoms. The van der Waals surface area contributed by atoms with Gasteiger partial charge in [-0.1, -0.05) is 18.2 Å². The van der Waals surface area contributed by atoms with Gasteiger partial charge >= 0.3 is 12.6 Å². The van der Waals surface area contributed by atoms with Gasteiger partial charge in [0.1, 0.15) is 21.2 Å². The van der Waals surface area contributed by atoms with Crippen LogP contribution < -0.4 is 15.0 Å². The van der Waals surface area contributed by atoms with Crippen LogP contribution in [0.5, 0.6) is 5.75 Å². The van der Waals surface area contributed by atoms with Crippen molar-refractivity contribution in [3.63, 3.8) is 0 Å². The van der Waals surface area contributed by atoms with Crippen LogP contribution in [0.1, 0.15) is 43.4 Å². The zero-order chi connectivity index (χ0) is 31.9. The minimum Gasteiger partial charge on any atom is -0.410 e. The molecule has 236 valence electrons. The minimum atomic E-state index is -4.17. The van der Waals surface area contributed by atoms with Gasteiger partial charge in [-0.05, 0) is 70.0 Å². The maximum atomic E-state index is 14.2. The van der Waals surface area contributed by atoms with Crippen LogP contribution in [0, 0.1) is 13.8 Å². The Morgan fingerprint density at radius 2 is 1.80 bits per heavy atom. The van der Waals surface area contributed by atoms with Gasteiger partial charge in [-0.2, -0.15) is 13.9 Å². The summed E-state index contributed by atoms with van der Waals surface area (Å²) >= 11 is 0. The Hall–Kier alpha value is -4.43. The predicted molar refractivity (Wildman–Crippen MR) is 162 cm³/mol. The highest BCUT2D eigenvalue weighted by atomic mass is 32.2. The summed E-state index contributed by atoms with van der Waals surface area (Å²) in [4.78, 5) is 23.8. The molecule has 0 unspecified atom stereocenters. The summed E-state index contributed by atoms with van der Waals surface area (Å²) < 4.78 is 65.6. The van der Waals surface area contributed by atoms with Crippen LogP contribution in [0.25, 0.3) is 11.4 Å². The fourth-order valence-electron chi connectivity index (χ4n) is 5.65. The molecule has 4 aromatic rings. The third-order valence-corrected chi connectivity index (χ3v) is 10.9. The average Bonchev–Trinajstić information content (AvgIpc) is 3.78. The van der Waals surface area contributed by atoms with E-state index < -0.39 is 27.2 Å². The van der Waals surface area contributed by atoms with Crippen molar-refractivity contribution in [2.24, 2.45) is 0 Å². The van der Waals surface area contributed by atoms with E-state index in [4.69, 9.17) is 19.4 Å². The van der Waals surface area contributed by atoms with Gasteiger partial charge in [-0.15, -0.1) is 0 Å². The maximum absolute atomic E-state index is 14.2. The molecule has 0 spiro atoms. The van der Waals surface area contributed by atoms with Gasteiger partial charge in [0.15, 0.2) is 15.7 Å². The number of benzene rings is 2. The first kappa shape index (κ1) is 30.6. The first-order valence-corrected chi connectivity index (χ1v) is 16.0. The smallest absolute Gasteiger partial charge is 0.410 e. The minimum absolute atomic E-state index is 0.0178. The van der Waals surface area contributed by atoms with Crippen molar-refractivity contribution >= 4 is 27.4 Å². The Labute approximate surface area is 259 Å². The number of ether oxygens (including phenoxy) is 2. The Bertz CT molecular complexity index is 1830. The largest absolute Gasteiger partial charge is 0.417 e. The van der Waals surface area contributed by atoms with E-state index in [1.54, 1.807) is 54.6 Å². The maximum Gasteiger partial charge on any atom is 0.417 e. The molecule has 1 saturated heterocycles. The number of carbonyl (C=O) groups excluding carboxylic acids is 1. The number of amides is 1. The van der Waals surface area contributed by atoms with E-state index in [2.05, 4.69) is 10.4 Å². The number of hydrogen-bond donors (Lipinski definition) is 1. The third-order valence-electron chi connectivity index (χ3n) is 8.12. The molecule has 2 aromatic heterocycles. The Balaban J connectivity index is 1.36. The van der Waals surface area contributed by atoms with Crippen molar-refractivity contribution in [2.75, 3.05) is 30.0 Å². The molecule has 1 aliphatic carbocycles. The summed E-state index contributed by atoms with van der Waals surface area (Å²) in [6.07, 6.45) is -0.110. The lowest BCUT2D eigenvalue weighted by Crippen LogP contribution is -2.44. The van der Waals surface area contributed by atoms with Crippen molar-refractivity contribution in [3.05, 3.63) is 77.7 Å². The van der Waals surface area contributed by atoms with Crippen LogP contribution in [0.4, 0.5) is 25.1 Å². The Morgan fingerprint density at radius 1 is 1.09 bits per heavy atom. The van der Waals surface area contributed by atoms with Crippen LogP contribution in [-0.4, -0.2) is 60.1 Å². The second kappa shape index (κ2) is 11.8. The SMILES string of the molecule is Cc1nn(C(F)F)c(C)c1S(=O)(=O)C1(c2cc(N3CCOC[C@@H]3C)nc(-c3ccc(NC(=O)Oc4ccccc4)cc3)n2)CC1. The fourth-order valence-corrected chi connectivity index (χ4v) is 7.97. The molecule has 6 rings (SSSR count). The number of alkyl halides is 2. The van der Waals surface area contributed by atoms with E-state index in [0.717, 1.165) is 0 Å². The van der Waals surface area contributed by atoms with Crippen molar-refractivity contribution in [3.8, 4) is 17.1 Å². The third kappa shape index (κ3) is 5.75. The number of morpholine rings is 1. The molecule has 11 nitrogen and oxygen atoms in total. The number of para-hydroxylation sites is 1. The molecule has 1 atom stereocenters. The molecule has 0 bridgehead atoms. The van der Waals surface area contributed by atoms with Crippen LogP contribution in [-0.2, 0) is 19.3 Å². The number of aryl methyl sites for hydroxylation is 1. The second-order valence-electron chi connectivity index (χ2n) is 11.2. The monoisotopic (exact) mass is 638 g/mol. The summed E-state index contributed by atoms with van der Waals surface area (Å²) in [6, 6.07) is 17.1. The van der Waals surface area contributed by atoms with E-state index >= 15 is 0 Å². The second-order valence-corrected chi connectivity index (χ2v) is 13.4. The van der Waals surface area contributed by atoms with Crippen molar-refractivity contribution in [1.82, 2.24) is 19.7 Å². The fraction of sp³-hybridized carbons (Fsp3) is 0.355. The molecule has 2 fully saturated rings. The first-order valence-electron chi connectivity index (χ1n) is 14.5. The van der Waals surface area contributed by atoms with Gasteiger partial charge < -0.3 is 14.4 Å². The molecule has 14 heteroatoms. The number of halogens is 2. The summed E-state index contributed by atoms with van der Waals surface area (Å²) in [5, 5.41) is 6.50. The average molecular weight is 639 g/mol. The number of anilines is 2. The van der Waals surface area contributed by atoms with Gasteiger partial charge in [-0.3, -0.25) is 5.32 Å². The zero-order valence-corrected chi connectivity index (χ0v) is 25.7. The molecular weight excluding hydrogens is 606 g/mol. The van der Waals surface area contributed by atoms with E-state index in [1.807, 2.05) is 17.9 Å². The number of aromatic nitrogens is 4. The molecule has 1 saturated carbocycles. The lowest BCUT2D eigenvalue weighted by molar-refractivity contribution is 0.0538. The van der Waals surface area contributed by atoms with Crippen LogP contribution >= 0.6 is 0 Å². The molecule has 1 amide bonds. The Morgan fingerprint density at radius 3 is 2.42 bits per heavy atom. The molecule has 0 radical (unpaired) electrons. The van der Waals surface area contributed by atoms with Gasteiger partial charge in [-0.25, -0.2) is 27.9 Å². The highest BCUT2D eigenvalue weighted by molar-refractivity contribution is 7.92. The van der Waals surface area contributed by atoms with Crippen LogP contribution in [0.3, 0.4) is 0 Å². The topological polar surface area (TPSA) is 129 Å². The van der Waals surface area contributed by atoms with E-state index in [-0.39, 0.29) is 41.0 Å². The first-order chi connectivity index (χ1) is 21.5. The highest BCUT2D eigenvalue weighted by Crippen LogP contribution is 2.56. The molecular formula is C31H32F2N6O5S. The lowest BCUT2D eigenvalue weighted by atomic mass is 10.1. The van der Waals surface area contributed by atoms with Gasteiger partial charge in [0.25, 0.3) is 0 Å². The number of nitrogens with zero attached hydrogens (tertiary/aromatic N) is 5. The number of rotatable bonds is 8. The molecule has 1 aliphatic heterocycles. The lowest BCUT2D eigenvalue weighted by Gasteiger charge is -2.34. The quantitative estimate of drug-likeness (QED) is 0.260. The molecule has 2 aromatic carbocycles. The number of sulfone groups is 1. The predicted octanol–water partition coefficient (Wildman–Crippen LogP) is 5.65. The van der Waals surface area contributed by atoms with E-state index in [0.29, 0.717) is 53.0 Å². The van der Waals surface area contributed by atoms with Crippen LogP contribution in [0.15, 0.2) is 65.6 Å². The van der Waals surface area contributed by atoms with E-state index in [9.17, 15) is 22.0 Å². The van der Waals surface area contributed by atoms with Gasteiger partial charge in [0, 0.05) is 23.9 Å². The summed E-state index contributed by atoms with van der Waals surface area (Å²) in [5.41, 5.74) is 1.26. The van der Waals surface area contributed by atoms with Crippen LogP contribution in [0.2, 0.25) is 0 Å². The standard InChI is InChI=1S/C31H32F2N6O5S/c1-19-18-43-16-15-38(19)26-17-25(31(13-14-31)45(41,42)27-20(2)37-39(21(27)3)29(32)33)35-28(36-26)22-9-11-23(12-10-22)34-30(40)44-24-7-5-4-6-8-24/h4-12,17,19,29H,13-16,18H2,1-3H3,(H,34,40)/t19-/m0/s1.